The first-order valence-electron chi connectivity index (χ1n) is 6.40. The van der Waals surface area contributed by atoms with Gasteiger partial charge in [0.1, 0.15) is 0 Å². The Kier molecular flexibility index (Phi) is 4.99. The molecule has 0 aromatic heterocycles. The molecule has 1 fully saturated rings. The van der Waals surface area contributed by atoms with Crippen LogP contribution in [-0.4, -0.2) is 37.1 Å². The molecule has 1 aromatic rings. The van der Waals surface area contributed by atoms with Crippen LogP contribution in [0.15, 0.2) is 18.2 Å². The standard InChI is InChI=1S/C14H17BrFNO3/c1-19-12-8-10(2-3-11(12)16)13(18)17-14(9-15)4-6-20-7-5-14/h2-3,8H,4-7,9H2,1H3,(H,17,18). The summed E-state index contributed by atoms with van der Waals surface area (Å²) in [6.07, 6.45) is 1.50. The fourth-order valence-electron chi connectivity index (χ4n) is 2.17. The van der Waals surface area contributed by atoms with E-state index in [0.29, 0.717) is 24.1 Å². The molecular weight excluding hydrogens is 329 g/mol. The molecule has 0 atom stereocenters. The fraction of sp³-hybridized carbons (Fsp3) is 0.500. The number of amides is 1. The van der Waals surface area contributed by atoms with E-state index in [1.165, 1.54) is 25.3 Å². The van der Waals surface area contributed by atoms with Crippen LogP contribution in [0.5, 0.6) is 5.75 Å². The number of rotatable bonds is 4. The minimum absolute atomic E-state index is 0.0671. The van der Waals surface area contributed by atoms with Crippen molar-refractivity contribution in [1.29, 1.82) is 0 Å². The minimum atomic E-state index is -0.481. The molecule has 0 unspecified atom stereocenters. The number of carbonyl (C=O) groups excluding carboxylic acids is 1. The number of hydrogen-bond donors (Lipinski definition) is 1. The van der Waals surface area contributed by atoms with Crippen LogP contribution in [-0.2, 0) is 4.74 Å². The molecule has 1 aromatic carbocycles. The number of alkyl halides is 1. The van der Waals surface area contributed by atoms with Crippen LogP contribution in [0.1, 0.15) is 23.2 Å². The molecule has 1 saturated heterocycles. The van der Waals surface area contributed by atoms with Crippen molar-refractivity contribution in [3.05, 3.63) is 29.6 Å². The molecule has 1 amide bonds. The van der Waals surface area contributed by atoms with Gasteiger partial charge in [0.15, 0.2) is 11.6 Å². The highest BCUT2D eigenvalue weighted by Gasteiger charge is 2.33. The van der Waals surface area contributed by atoms with Gasteiger partial charge in [-0.25, -0.2) is 4.39 Å². The summed E-state index contributed by atoms with van der Waals surface area (Å²) in [4.78, 5) is 12.3. The zero-order valence-electron chi connectivity index (χ0n) is 11.2. The van der Waals surface area contributed by atoms with Crippen LogP contribution in [0.3, 0.4) is 0 Å². The molecule has 2 rings (SSSR count). The van der Waals surface area contributed by atoms with Crippen molar-refractivity contribution in [3.8, 4) is 5.75 Å². The van der Waals surface area contributed by atoms with Gasteiger partial charge >= 0.3 is 0 Å². The number of methoxy groups -OCH3 is 1. The quantitative estimate of drug-likeness (QED) is 0.853. The Morgan fingerprint density at radius 1 is 1.50 bits per heavy atom. The number of halogens is 2. The minimum Gasteiger partial charge on any atom is -0.494 e. The number of ether oxygens (including phenoxy) is 2. The van der Waals surface area contributed by atoms with E-state index in [9.17, 15) is 9.18 Å². The Morgan fingerprint density at radius 2 is 2.20 bits per heavy atom. The summed E-state index contributed by atoms with van der Waals surface area (Å²) in [5.41, 5.74) is 0.0757. The first-order valence-corrected chi connectivity index (χ1v) is 7.52. The molecule has 110 valence electrons. The third-order valence-electron chi connectivity index (χ3n) is 3.50. The van der Waals surface area contributed by atoms with Crippen molar-refractivity contribution in [3.63, 3.8) is 0 Å². The van der Waals surface area contributed by atoms with Crippen LogP contribution in [0.25, 0.3) is 0 Å². The first-order chi connectivity index (χ1) is 9.60. The van der Waals surface area contributed by atoms with E-state index >= 15 is 0 Å². The Labute approximate surface area is 125 Å². The van der Waals surface area contributed by atoms with Gasteiger partial charge in [0.2, 0.25) is 0 Å². The zero-order valence-corrected chi connectivity index (χ0v) is 12.8. The molecule has 1 aliphatic rings. The first kappa shape index (κ1) is 15.3. The van der Waals surface area contributed by atoms with Crippen molar-refractivity contribution in [1.82, 2.24) is 5.32 Å². The van der Waals surface area contributed by atoms with Crippen molar-refractivity contribution >= 4 is 21.8 Å². The molecule has 0 aliphatic carbocycles. The highest BCUT2D eigenvalue weighted by atomic mass is 79.9. The smallest absolute Gasteiger partial charge is 0.251 e. The van der Waals surface area contributed by atoms with E-state index in [1.54, 1.807) is 0 Å². The lowest BCUT2D eigenvalue weighted by Gasteiger charge is -2.36. The van der Waals surface area contributed by atoms with Gasteiger partial charge in [0, 0.05) is 24.1 Å². The summed E-state index contributed by atoms with van der Waals surface area (Å²) in [7, 11) is 1.37. The number of hydrogen-bond acceptors (Lipinski definition) is 3. The van der Waals surface area contributed by atoms with E-state index in [4.69, 9.17) is 9.47 Å². The number of nitrogens with one attached hydrogen (secondary N) is 1. The van der Waals surface area contributed by atoms with E-state index in [2.05, 4.69) is 21.2 Å². The Bertz CT molecular complexity index is 489. The van der Waals surface area contributed by atoms with E-state index < -0.39 is 5.82 Å². The summed E-state index contributed by atoms with van der Waals surface area (Å²) in [5, 5.41) is 3.69. The van der Waals surface area contributed by atoms with Crippen molar-refractivity contribution < 1.29 is 18.7 Å². The summed E-state index contributed by atoms with van der Waals surface area (Å²) in [6.45, 7) is 1.25. The molecule has 0 spiro atoms. The average molecular weight is 346 g/mol. The predicted octanol–water partition coefficient (Wildman–Crippen LogP) is 2.51. The molecule has 6 heteroatoms. The van der Waals surface area contributed by atoms with Gasteiger partial charge in [-0.1, -0.05) is 15.9 Å². The second kappa shape index (κ2) is 6.54. The molecule has 1 heterocycles. The SMILES string of the molecule is COc1cc(C(=O)NC2(CBr)CCOCC2)ccc1F. The maximum absolute atomic E-state index is 13.4. The monoisotopic (exact) mass is 345 g/mol. The Morgan fingerprint density at radius 3 is 2.80 bits per heavy atom. The predicted molar refractivity (Wildman–Crippen MR) is 77.0 cm³/mol. The molecule has 4 nitrogen and oxygen atoms in total. The van der Waals surface area contributed by atoms with Crippen molar-refractivity contribution in [2.75, 3.05) is 25.7 Å². The summed E-state index contributed by atoms with van der Waals surface area (Å²) >= 11 is 3.45. The zero-order chi connectivity index (χ0) is 14.6. The van der Waals surface area contributed by atoms with Gasteiger partial charge in [-0.15, -0.1) is 0 Å². The van der Waals surface area contributed by atoms with Crippen LogP contribution in [0.4, 0.5) is 4.39 Å². The lowest BCUT2D eigenvalue weighted by Crippen LogP contribution is -2.53. The molecule has 1 aliphatic heterocycles. The number of benzene rings is 1. The Hall–Kier alpha value is -1.14. The van der Waals surface area contributed by atoms with Gasteiger partial charge in [-0.05, 0) is 31.0 Å². The van der Waals surface area contributed by atoms with Crippen molar-refractivity contribution in [2.45, 2.75) is 18.4 Å². The maximum atomic E-state index is 13.4. The van der Waals surface area contributed by atoms with Gasteiger partial charge in [0.05, 0.1) is 12.6 Å². The van der Waals surface area contributed by atoms with E-state index in [1.807, 2.05) is 0 Å². The average Bonchev–Trinajstić information content (AvgIpc) is 2.48. The molecular formula is C14H17BrFNO3. The normalized spacial score (nSPS) is 17.6. The fourth-order valence-corrected chi connectivity index (χ4v) is 2.87. The highest BCUT2D eigenvalue weighted by molar-refractivity contribution is 9.09. The van der Waals surface area contributed by atoms with E-state index in [-0.39, 0.29) is 17.2 Å². The molecule has 1 N–H and O–H groups in total. The lowest BCUT2D eigenvalue weighted by atomic mass is 9.92. The maximum Gasteiger partial charge on any atom is 0.251 e. The van der Waals surface area contributed by atoms with Crippen LogP contribution in [0, 0.1) is 5.82 Å². The van der Waals surface area contributed by atoms with Crippen LogP contribution < -0.4 is 10.1 Å². The van der Waals surface area contributed by atoms with Gasteiger partial charge in [0.25, 0.3) is 5.91 Å². The van der Waals surface area contributed by atoms with Crippen molar-refractivity contribution in [2.24, 2.45) is 0 Å². The second-order valence-corrected chi connectivity index (χ2v) is 5.39. The second-order valence-electron chi connectivity index (χ2n) is 4.83. The topological polar surface area (TPSA) is 47.6 Å². The third-order valence-corrected chi connectivity index (χ3v) is 4.57. The van der Waals surface area contributed by atoms with Crippen LogP contribution in [0.2, 0.25) is 0 Å². The Balaban J connectivity index is 2.14. The summed E-state index contributed by atoms with van der Waals surface area (Å²) in [5.74, 6) is -0.646. The largest absolute Gasteiger partial charge is 0.494 e. The summed E-state index contributed by atoms with van der Waals surface area (Å²) < 4.78 is 23.6. The number of carbonyl (C=O) groups is 1. The van der Waals surface area contributed by atoms with Crippen LogP contribution >= 0.6 is 15.9 Å². The molecule has 0 saturated carbocycles. The van der Waals surface area contributed by atoms with Gasteiger partial charge in [-0.2, -0.15) is 0 Å². The highest BCUT2D eigenvalue weighted by Crippen LogP contribution is 2.24. The molecule has 0 radical (unpaired) electrons. The third kappa shape index (κ3) is 3.30. The van der Waals surface area contributed by atoms with Gasteiger partial charge < -0.3 is 14.8 Å². The summed E-state index contributed by atoms with van der Waals surface area (Å²) in [6, 6.07) is 4.10. The molecule has 20 heavy (non-hydrogen) atoms. The van der Waals surface area contributed by atoms with E-state index in [0.717, 1.165) is 12.8 Å². The lowest BCUT2D eigenvalue weighted by molar-refractivity contribution is 0.0442. The van der Waals surface area contributed by atoms with Gasteiger partial charge in [-0.3, -0.25) is 4.79 Å². The molecule has 0 bridgehead atoms.